The summed E-state index contributed by atoms with van der Waals surface area (Å²) in [5.41, 5.74) is 5.50. The fourth-order valence-electron chi connectivity index (χ4n) is 1.04. The van der Waals surface area contributed by atoms with Gasteiger partial charge in [-0.2, -0.15) is 0 Å². The fraction of sp³-hybridized carbons (Fsp3) is 0.500. The van der Waals surface area contributed by atoms with E-state index in [1.807, 2.05) is 19.2 Å². The third kappa shape index (κ3) is 3.40. The first-order valence-corrected chi connectivity index (χ1v) is 5.71. The van der Waals surface area contributed by atoms with Crippen molar-refractivity contribution < 1.29 is 4.79 Å². The highest BCUT2D eigenvalue weighted by atomic mass is 35.5. The zero-order valence-corrected chi connectivity index (χ0v) is 9.91. The minimum atomic E-state index is -0.292. The number of Topliss-reactive ketones (excluding diaryl/α,β-unsaturated/α-hetero) is 1. The van der Waals surface area contributed by atoms with Crippen LogP contribution in [0, 0.1) is 0 Å². The number of nitrogens with two attached hydrogens (primary N) is 1. The van der Waals surface area contributed by atoms with Crippen LogP contribution in [0.4, 0.5) is 0 Å². The van der Waals surface area contributed by atoms with Gasteiger partial charge < -0.3 is 5.73 Å². The van der Waals surface area contributed by atoms with Crippen LogP contribution in [0.25, 0.3) is 0 Å². The number of hydrogen-bond acceptors (Lipinski definition) is 3. The number of rotatable bonds is 4. The maximum atomic E-state index is 11.6. The summed E-state index contributed by atoms with van der Waals surface area (Å²) in [6.45, 7) is 3.83. The predicted octanol–water partition coefficient (Wildman–Crippen LogP) is 3.10. The van der Waals surface area contributed by atoms with E-state index in [0.29, 0.717) is 22.7 Å². The number of carbonyl (C=O) groups is 1. The lowest BCUT2D eigenvalue weighted by Gasteiger charge is -2.16. The molecule has 0 atom stereocenters. The number of thiophene rings is 1. The molecule has 2 nitrogen and oxygen atoms in total. The molecule has 0 saturated carbocycles. The molecule has 0 bridgehead atoms. The van der Waals surface area contributed by atoms with Crippen molar-refractivity contribution in [3.8, 4) is 0 Å². The van der Waals surface area contributed by atoms with Crippen molar-refractivity contribution in [1.29, 1.82) is 0 Å². The highest BCUT2D eigenvalue weighted by Crippen LogP contribution is 2.24. The summed E-state index contributed by atoms with van der Waals surface area (Å²) in [7, 11) is 0. The lowest BCUT2D eigenvalue weighted by atomic mass is 9.98. The van der Waals surface area contributed by atoms with Crippen LogP contribution in [0.15, 0.2) is 11.4 Å². The van der Waals surface area contributed by atoms with Gasteiger partial charge in [-0.1, -0.05) is 11.6 Å². The van der Waals surface area contributed by atoms with E-state index in [1.165, 1.54) is 11.3 Å². The van der Waals surface area contributed by atoms with Gasteiger partial charge in [-0.3, -0.25) is 4.79 Å². The van der Waals surface area contributed by atoms with Crippen LogP contribution in [-0.4, -0.2) is 11.3 Å². The van der Waals surface area contributed by atoms with E-state index in [1.54, 1.807) is 6.07 Å². The first-order valence-electron chi connectivity index (χ1n) is 4.45. The fourth-order valence-corrected chi connectivity index (χ4v) is 2.17. The molecule has 78 valence electrons. The average Bonchev–Trinajstić information content (AvgIpc) is 2.46. The van der Waals surface area contributed by atoms with E-state index in [-0.39, 0.29) is 11.3 Å². The highest BCUT2D eigenvalue weighted by molar-refractivity contribution is 7.12. The van der Waals surface area contributed by atoms with Crippen molar-refractivity contribution in [2.75, 3.05) is 0 Å². The topological polar surface area (TPSA) is 43.1 Å². The van der Waals surface area contributed by atoms with Gasteiger partial charge in [-0.15, -0.1) is 11.3 Å². The number of halogens is 1. The highest BCUT2D eigenvalue weighted by Gasteiger charge is 2.16. The predicted molar refractivity (Wildman–Crippen MR) is 61.2 cm³/mol. The molecule has 0 aliphatic carbocycles. The van der Waals surface area contributed by atoms with Crippen molar-refractivity contribution in [3.05, 3.63) is 21.3 Å². The first kappa shape index (κ1) is 11.7. The van der Waals surface area contributed by atoms with E-state index in [2.05, 4.69) is 0 Å². The van der Waals surface area contributed by atoms with E-state index in [0.717, 1.165) is 0 Å². The first-order chi connectivity index (χ1) is 6.40. The molecule has 4 heteroatoms. The molecule has 0 spiro atoms. The molecule has 0 saturated heterocycles. The summed E-state index contributed by atoms with van der Waals surface area (Å²) in [6, 6.07) is 1.74. The van der Waals surface area contributed by atoms with E-state index in [4.69, 9.17) is 17.3 Å². The molecule has 0 radical (unpaired) electrons. The molecule has 0 aliphatic heterocycles. The molecule has 1 aromatic heterocycles. The average molecular weight is 232 g/mol. The molecule has 1 aromatic rings. The zero-order chi connectivity index (χ0) is 10.8. The van der Waals surface area contributed by atoms with Crippen LogP contribution in [0.1, 0.15) is 36.4 Å². The Morgan fingerprint density at radius 2 is 2.29 bits per heavy atom. The second-order valence-electron chi connectivity index (χ2n) is 4.01. The van der Waals surface area contributed by atoms with Gasteiger partial charge in [0.2, 0.25) is 0 Å². The van der Waals surface area contributed by atoms with Crippen molar-refractivity contribution in [3.63, 3.8) is 0 Å². The van der Waals surface area contributed by atoms with Crippen LogP contribution in [0.2, 0.25) is 5.02 Å². The van der Waals surface area contributed by atoms with Crippen LogP contribution in [0.5, 0.6) is 0 Å². The lowest BCUT2D eigenvalue weighted by Crippen LogP contribution is -2.32. The largest absolute Gasteiger partial charge is 0.326 e. The Morgan fingerprint density at radius 1 is 1.64 bits per heavy atom. The molecule has 0 amide bonds. The Labute approximate surface area is 93.1 Å². The Balaban J connectivity index is 2.56. The molecule has 0 fully saturated rings. The number of ketones is 1. The molecule has 0 aliphatic rings. The summed E-state index contributed by atoms with van der Waals surface area (Å²) in [5, 5.41) is 2.37. The monoisotopic (exact) mass is 231 g/mol. The minimum absolute atomic E-state index is 0.0866. The molecular weight excluding hydrogens is 218 g/mol. The van der Waals surface area contributed by atoms with Crippen LogP contribution < -0.4 is 5.73 Å². The normalized spacial score (nSPS) is 11.7. The van der Waals surface area contributed by atoms with Gasteiger partial charge in [-0.05, 0) is 31.7 Å². The Morgan fingerprint density at radius 3 is 2.71 bits per heavy atom. The summed E-state index contributed by atoms with van der Waals surface area (Å²) in [6.07, 6.45) is 1.14. The SMILES string of the molecule is CC(C)(N)CCC(=O)c1sccc1Cl. The zero-order valence-electron chi connectivity index (χ0n) is 8.34. The van der Waals surface area contributed by atoms with Gasteiger partial charge in [0.25, 0.3) is 0 Å². The molecule has 1 heterocycles. The van der Waals surface area contributed by atoms with E-state index >= 15 is 0 Å². The quantitative estimate of drug-likeness (QED) is 0.810. The van der Waals surface area contributed by atoms with Gasteiger partial charge in [0.1, 0.15) is 0 Å². The maximum Gasteiger partial charge on any atom is 0.174 e. The van der Waals surface area contributed by atoms with Crippen LogP contribution in [0.3, 0.4) is 0 Å². The number of hydrogen-bond donors (Lipinski definition) is 1. The summed E-state index contributed by atoms with van der Waals surface area (Å²) < 4.78 is 0. The Kier molecular flexibility index (Phi) is 3.70. The van der Waals surface area contributed by atoms with Gasteiger partial charge in [-0.25, -0.2) is 0 Å². The second-order valence-corrected chi connectivity index (χ2v) is 5.33. The smallest absolute Gasteiger partial charge is 0.174 e. The Bertz CT molecular complexity index is 327. The Hall–Kier alpha value is -0.380. The summed E-state index contributed by atoms with van der Waals surface area (Å²) in [5.74, 6) is 0.0866. The molecule has 2 N–H and O–H groups in total. The van der Waals surface area contributed by atoms with E-state index < -0.39 is 0 Å². The third-order valence-corrected chi connectivity index (χ3v) is 3.25. The van der Waals surface area contributed by atoms with Crippen LogP contribution in [-0.2, 0) is 0 Å². The van der Waals surface area contributed by atoms with Crippen molar-refractivity contribution in [2.24, 2.45) is 5.73 Å². The molecule has 14 heavy (non-hydrogen) atoms. The third-order valence-electron chi connectivity index (χ3n) is 1.87. The van der Waals surface area contributed by atoms with Crippen molar-refractivity contribution >= 4 is 28.7 Å². The van der Waals surface area contributed by atoms with Gasteiger partial charge in [0, 0.05) is 12.0 Å². The van der Waals surface area contributed by atoms with Gasteiger partial charge >= 0.3 is 0 Å². The lowest BCUT2D eigenvalue weighted by molar-refractivity contribution is 0.0976. The van der Waals surface area contributed by atoms with Crippen LogP contribution >= 0.6 is 22.9 Å². The second kappa shape index (κ2) is 4.43. The molecule has 0 aromatic carbocycles. The minimum Gasteiger partial charge on any atom is -0.326 e. The van der Waals surface area contributed by atoms with Gasteiger partial charge in [0.15, 0.2) is 5.78 Å². The van der Waals surface area contributed by atoms with Crippen molar-refractivity contribution in [1.82, 2.24) is 0 Å². The maximum absolute atomic E-state index is 11.6. The number of carbonyl (C=O) groups excluding carboxylic acids is 1. The molecule has 1 rings (SSSR count). The summed E-state index contributed by atoms with van der Waals surface area (Å²) >= 11 is 7.23. The standard InChI is InChI=1S/C10H14ClNOS/c1-10(2,12)5-3-8(13)9-7(11)4-6-14-9/h4,6H,3,5,12H2,1-2H3. The molecular formula is C10H14ClNOS. The summed E-state index contributed by atoms with van der Waals surface area (Å²) in [4.78, 5) is 12.3. The molecule has 0 unspecified atom stereocenters. The van der Waals surface area contributed by atoms with Gasteiger partial charge in [0.05, 0.1) is 9.90 Å². The van der Waals surface area contributed by atoms with Crippen molar-refractivity contribution in [2.45, 2.75) is 32.2 Å². The van der Waals surface area contributed by atoms with E-state index in [9.17, 15) is 4.79 Å².